The zero-order valence-corrected chi connectivity index (χ0v) is 16.8. The molecule has 0 aliphatic carbocycles. The molecule has 2 aliphatic rings. The van der Waals surface area contributed by atoms with Gasteiger partial charge in [-0.1, -0.05) is 12.1 Å². The Bertz CT molecular complexity index is 937. The fraction of sp³-hybridized carbons (Fsp3) is 0.450. The van der Waals surface area contributed by atoms with Gasteiger partial charge in [-0.25, -0.2) is 0 Å². The van der Waals surface area contributed by atoms with Crippen LogP contribution in [-0.4, -0.2) is 70.7 Å². The van der Waals surface area contributed by atoms with Crippen LogP contribution >= 0.6 is 0 Å². The number of nitrogens with one attached hydrogen (secondary N) is 1. The molecule has 2 aliphatic heterocycles. The molecule has 0 bridgehead atoms. The lowest BCUT2D eigenvalue weighted by atomic mass is 10.1. The van der Waals surface area contributed by atoms with Gasteiger partial charge in [-0.2, -0.15) is 5.10 Å². The van der Waals surface area contributed by atoms with Crippen molar-refractivity contribution < 1.29 is 9.59 Å². The number of carbonyl (C=O) groups excluding carboxylic acids is 2. The second-order valence-corrected chi connectivity index (χ2v) is 7.69. The molecule has 148 valence electrons. The Balaban J connectivity index is 1.76. The molecule has 0 saturated carbocycles. The maximum absolute atomic E-state index is 13.5. The number of nitrogens with zero attached hydrogens (tertiary/aromatic N) is 5. The Kier molecular flexibility index (Phi) is 4.68. The zero-order valence-electron chi connectivity index (χ0n) is 16.8. The molecular weight excluding hydrogens is 356 g/mol. The fourth-order valence-electron chi connectivity index (χ4n) is 4.16. The molecule has 4 rings (SSSR count). The Morgan fingerprint density at radius 2 is 2.00 bits per heavy atom. The summed E-state index contributed by atoms with van der Waals surface area (Å²) in [5.41, 5.74) is 2.93. The highest BCUT2D eigenvalue weighted by Crippen LogP contribution is 2.39. The molecule has 0 radical (unpaired) electrons. The number of likely N-dealkylation sites (N-methyl/N-ethyl adjacent to an activating group) is 1. The third-order valence-electron chi connectivity index (χ3n) is 5.58. The molecule has 1 saturated heterocycles. The van der Waals surface area contributed by atoms with Crippen LogP contribution in [0.4, 0.5) is 17.1 Å². The predicted octanol–water partition coefficient (Wildman–Crippen LogP) is 1.59. The van der Waals surface area contributed by atoms with Gasteiger partial charge in [0.15, 0.2) is 5.69 Å². The number of anilines is 3. The molecule has 0 spiro atoms. The van der Waals surface area contributed by atoms with E-state index in [0.29, 0.717) is 41.0 Å². The van der Waals surface area contributed by atoms with E-state index in [1.54, 1.807) is 16.6 Å². The van der Waals surface area contributed by atoms with Gasteiger partial charge in [0, 0.05) is 32.7 Å². The first-order chi connectivity index (χ1) is 13.4. The summed E-state index contributed by atoms with van der Waals surface area (Å²) in [6.07, 6.45) is 0. The molecule has 8 nitrogen and oxygen atoms in total. The van der Waals surface area contributed by atoms with Crippen LogP contribution in [0.2, 0.25) is 0 Å². The zero-order chi connectivity index (χ0) is 20.0. The monoisotopic (exact) mass is 382 g/mol. The Labute approximate surface area is 164 Å². The summed E-state index contributed by atoms with van der Waals surface area (Å²) in [6.45, 7) is 6.98. The van der Waals surface area contributed by atoms with Crippen LogP contribution in [0, 0.1) is 6.92 Å². The van der Waals surface area contributed by atoms with Crippen molar-refractivity contribution in [1.29, 1.82) is 0 Å². The van der Waals surface area contributed by atoms with Crippen LogP contribution in [0.15, 0.2) is 24.3 Å². The standard InChI is InChI=1S/C20H26N6O2/c1-13-11-23(3)9-10-25(13)12-17(27)26-16-8-6-5-7-15(16)21-20(28)19-18(26)14(2)22-24(19)4/h5-8,13H,9-12H2,1-4H3,(H,21,28). The number of hydrogen-bond acceptors (Lipinski definition) is 5. The summed E-state index contributed by atoms with van der Waals surface area (Å²) in [5, 5.41) is 7.33. The summed E-state index contributed by atoms with van der Waals surface area (Å²) in [5.74, 6) is -0.313. The first-order valence-corrected chi connectivity index (χ1v) is 9.56. The molecule has 1 unspecified atom stereocenters. The van der Waals surface area contributed by atoms with Crippen molar-refractivity contribution in [3.05, 3.63) is 35.7 Å². The first kappa shape index (κ1) is 18.6. The predicted molar refractivity (Wildman–Crippen MR) is 108 cm³/mol. The minimum absolute atomic E-state index is 0.0577. The van der Waals surface area contributed by atoms with E-state index < -0.39 is 0 Å². The summed E-state index contributed by atoms with van der Waals surface area (Å²) >= 11 is 0. The van der Waals surface area contributed by atoms with Gasteiger partial charge < -0.3 is 10.2 Å². The van der Waals surface area contributed by atoms with E-state index in [9.17, 15) is 9.59 Å². The molecule has 2 amide bonds. The average molecular weight is 382 g/mol. The normalized spacial score (nSPS) is 20.4. The van der Waals surface area contributed by atoms with Crippen molar-refractivity contribution >= 4 is 28.9 Å². The molecule has 28 heavy (non-hydrogen) atoms. The maximum atomic E-state index is 13.5. The Morgan fingerprint density at radius 3 is 2.75 bits per heavy atom. The van der Waals surface area contributed by atoms with Gasteiger partial charge in [0.25, 0.3) is 5.91 Å². The minimum Gasteiger partial charge on any atom is -0.319 e. The van der Waals surface area contributed by atoms with Crippen molar-refractivity contribution in [2.45, 2.75) is 19.9 Å². The van der Waals surface area contributed by atoms with Crippen molar-refractivity contribution in [1.82, 2.24) is 19.6 Å². The van der Waals surface area contributed by atoms with Gasteiger partial charge in [-0.05, 0) is 33.0 Å². The van der Waals surface area contributed by atoms with E-state index >= 15 is 0 Å². The summed E-state index contributed by atoms with van der Waals surface area (Å²) < 4.78 is 1.55. The highest BCUT2D eigenvalue weighted by molar-refractivity contribution is 6.17. The topological polar surface area (TPSA) is 73.7 Å². The van der Waals surface area contributed by atoms with Gasteiger partial charge in [0.1, 0.15) is 5.69 Å². The molecule has 3 heterocycles. The summed E-state index contributed by atoms with van der Waals surface area (Å²) in [6, 6.07) is 7.70. The van der Waals surface area contributed by atoms with Crippen molar-refractivity contribution in [3.8, 4) is 0 Å². The Hall–Kier alpha value is -2.71. The van der Waals surface area contributed by atoms with Crippen LogP contribution in [0.3, 0.4) is 0 Å². The molecule has 1 aromatic heterocycles. The van der Waals surface area contributed by atoms with Crippen LogP contribution in [0.25, 0.3) is 0 Å². The lowest BCUT2D eigenvalue weighted by Gasteiger charge is -2.38. The number of fused-ring (bicyclic) bond motifs is 2. The molecule has 1 N–H and O–H groups in total. The van der Waals surface area contributed by atoms with E-state index in [2.05, 4.69) is 34.2 Å². The third-order valence-corrected chi connectivity index (χ3v) is 5.58. The summed E-state index contributed by atoms with van der Waals surface area (Å²) in [4.78, 5) is 32.5. The summed E-state index contributed by atoms with van der Waals surface area (Å²) in [7, 11) is 3.83. The SMILES string of the molecule is Cc1nn(C)c2c1N(C(=O)CN1CCN(C)CC1C)c1ccccc1NC2=O. The second-order valence-electron chi connectivity index (χ2n) is 7.69. The van der Waals surface area contributed by atoms with Gasteiger partial charge in [-0.15, -0.1) is 0 Å². The van der Waals surface area contributed by atoms with Crippen LogP contribution in [0.1, 0.15) is 23.1 Å². The molecular formula is C20H26N6O2. The minimum atomic E-state index is -0.256. The van der Waals surface area contributed by atoms with Crippen LogP contribution in [0.5, 0.6) is 0 Å². The highest BCUT2D eigenvalue weighted by Gasteiger charge is 2.35. The fourth-order valence-corrected chi connectivity index (χ4v) is 4.16. The number of aromatic nitrogens is 2. The quantitative estimate of drug-likeness (QED) is 0.854. The largest absolute Gasteiger partial charge is 0.319 e. The third kappa shape index (κ3) is 3.08. The molecule has 8 heteroatoms. The van der Waals surface area contributed by atoms with E-state index in [4.69, 9.17) is 0 Å². The number of piperazine rings is 1. The Morgan fingerprint density at radius 1 is 1.25 bits per heavy atom. The van der Waals surface area contributed by atoms with E-state index in [0.717, 1.165) is 19.6 Å². The number of rotatable bonds is 2. The smallest absolute Gasteiger partial charge is 0.276 e. The molecule has 2 aromatic rings. The maximum Gasteiger partial charge on any atom is 0.276 e. The number of para-hydroxylation sites is 2. The molecule has 1 fully saturated rings. The van der Waals surface area contributed by atoms with Gasteiger partial charge in [0.2, 0.25) is 5.91 Å². The number of hydrogen-bond donors (Lipinski definition) is 1. The number of amides is 2. The van der Waals surface area contributed by atoms with Crippen molar-refractivity contribution in [3.63, 3.8) is 0 Å². The lowest BCUT2D eigenvalue weighted by molar-refractivity contribution is -0.120. The van der Waals surface area contributed by atoms with Crippen molar-refractivity contribution in [2.24, 2.45) is 7.05 Å². The van der Waals surface area contributed by atoms with E-state index in [1.165, 1.54) is 0 Å². The second kappa shape index (κ2) is 7.03. The van der Waals surface area contributed by atoms with E-state index in [1.807, 2.05) is 31.2 Å². The lowest BCUT2D eigenvalue weighted by Crippen LogP contribution is -2.53. The average Bonchev–Trinajstić information content (AvgIpc) is 2.85. The van der Waals surface area contributed by atoms with Crippen molar-refractivity contribution in [2.75, 3.05) is 43.4 Å². The molecule has 1 atom stereocenters. The van der Waals surface area contributed by atoms with E-state index in [-0.39, 0.29) is 11.8 Å². The number of carbonyl (C=O) groups is 2. The highest BCUT2D eigenvalue weighted by atomic mass is 16.2. The van der Waals surface area contributed by atoms with Crippen LogP contribution < -0.4 is 10.2 Å². The van der Waals surface area contributed by atoms with Gasteiger partial charge in [0.05, 0.1) is 23.6 Å². The van der Waals surface area contributed by atoms with Gasteiger partial charge >= 0.3 is 0 Å². The number of aryl methyl sites for hydroxylation is 2. The van der Waals surface area contributed by atoms with Crippen LogP contribution in [-0.2, 0) is 11.8 Å². The molecule has 1 aromatic carbocycles. The number of benzene rings is 1. The van der Waals surface area contributed by atoms with Gasteiger partial charge in [-0.3, -0.25) is 24.1 Å². The first-order valence-electron chi connectivity index (χ1n) is 9.56.